The summed E-state index contributed by atoms with van der Waals surface area (Å²) in [6.07, 6.45) is 3.06. The average molecular weight is 296 g/mol. The van der Waals surface area contributed by atoms with E-state index in [1.165, 1.54) is 0 Å². The fraction of sp³-hybridized carbons (Fsp3) is 0.357. The first-order valence-electron chi connectivity index (χ1n) is 6.49. The number of para-hydroxylation sites is 1. The molecule has 6 heteroatoms. The molecule has 0 spiro atoms. The van der Waals surface area contributed by atoms with Crippen molar-refractivity contribution in [1.82, 2.24) is 15.1 Å². The van der Waals surface area contributed by atoms with Crippen LogP contribution in [0.5, 0.6) is 5.75 Å². The van der Waals surface area contributed by atoms with Gasteiger partial charge in [0.15, 0.2) is 0 Å². The molecule has 0 amide bonds. The number of rotatable bonds is 8. The van der Waals surface area contributed by atoms with Gasteiger partial charge in [-0.2, -0.15) is 5.10 Å². The van der Waals surface area contributed by atoms with Gasteiger partial charge >= 0.3 is 0 Å². The number of ether oxygens (including phenoxy) is 1. The van der Waals surface area contributed by atoms with Gasteiger partial charge in [-0.15, -0.1) is 0 Å². The summed E-state index contributed by atoms with van der Waals surface area (Å²) in [6.45, 7) is 2.18. The summed E-state index contributed by atoms with van der Waals surface area (Å²) in [6, 6.07) is 9.09. The lowest BCUT2D eigenvalue weighted by Crippen LogP contribution is -2.33. The molecule has 1 aromatic heterocycles. The molecule has 1 atom stereocenters. The minimum atomic E-state index is -0.580. The Morgan fingerprint density at radius 3 is 2.95 bits per heavy atom. The molecule has 1 unspecified atom stereocenters. The number of nitrogens with one attached hydrogen (secondary N) is 1. The molecule has 0 radical (unpaired) electrons. The Labute approximate surface area is 123 Å². The second-order valence-corrected chi connectivity index (χ2v) is 4.78. The Bertz CT molecular complexity index is 505. The van der Waals surface area contributed by atoms with Crippen LogP contribution in [0.15, 0.2) is 42.7 Å². The number of hydrogen-bond donors (Lipinski definition) is 2. The summed E-state index contributed by atoms with van der Waals surface area (Å²) in [4.78, 5) is 0. The average Bonchev–Trinajstić information content (AvgIpc) is 2.96. The molecule has 0 saturated heterocycles. The highest BCUT2D eigenvalue weighted by atomic mass is 35.5. The molecule has 0 aliphatic carbocycles. The molecule has 1 aromatic carbocycles. The van der Waals surface area contributed by atoms with Crippen LogP contribution >= 0.6 is 11.6 Å². The molecule has 0 bridgehead atoms. The third kappa shape index (κ3) is 4.85. The zero-order valence-corrected chi connectivity index (χ0v) is 11.8. The van der Waals surface area contributed by atoms with Gasteiger partial charge < -0.3 is 15.2 Å². The molecule has 2 aromatic rings. The molecule has 0 fully saturated rings. The Kier molecular flexibility index (Phi) is 5.86. The molecule has 0 saturated carbocycles. The molecule has 0 aliphatic rings. The maximum absolute atomic E-state index is 9.81. The van der Waals surface area contributed by atoms with Crippen molar-refractivity contribution in [3.63, 3.8) is 0 Å². The zero-order chi connectivity index (χ0) is 14.2. The first-order chi connectivity index (χ1) is 9.75. The Morgan fingerprint density at radius 2 is 2.20 bits per heavy atom. The summed E-state index contributed by atoms with van der Waals surface area (Å²) < 4.78 is 7.29. The summed E-state index contributed by atoms with van der Waals surface area (Å²) in [5, 5.41) is 17.6. The van der Waals surface area contributed by atoms with Crippen LogP contribution in [0, 0.1) is 0 Å². The number of aliphatic hydroxyl groups excluding tert-OH is 1. The summed E-state index contributed by atoms with van der Waals surface area (Å²) in [7, 11) is 0. The third-order valence-corrected chi connectivity index (χ3v) is 3.04. The summed E-state index contributed by atoms with van der Waals surface area (Å²) in [5.41, 5.74) is 0. The van der Waals surface area contributed by atoms with Gasteiger partial charge in [-0.1, -0.05) is 23.7 Å². The molecule has 20 heavy (non-hydrogen) atoms. The van der Waals surface area contributed by atoms with Crippen LogP contribution in [0.4, 0.5) is 0 Å². The number of benzene rings is 1. The number of aromatic nitrogens is 2. The lowest BCUT2D eigenvalue weighted by atomic mass is 10.3. The zero-order valence-electron chi connectivity index (χ0n) is 11.1. The number of nitrogens with zero attached hydrogens (tertiary/aromatic N) is 2. The maximum Gasteiger partial charge on any atom is 0.138 e. The fourth-order valence-corrected chi connectivity index (χ4v) is 1.89. The van der Waals surface area contributed by atoms with Gasteiger partial charge in [-0.05, 0) is 18.2 Å². The van der Waals surface area contributed by atoms with Gasteiger partial charge in [0.05, 0.1) is 11.6 Å². The summed E-state index contributed by atoms with van der Waals surface area (Å²) >= 11 is 5.96. The molecule has 0 aliphatic heterocycles. The van der Waals surface area contributed by atoms with Crippen molar-refractivity contribution in [3.05, 3.63) is 47.7 Å². The van der Waals surface area contributed by atoms with Crippen LogP contribution in [0.2, 0.25) is 5.02 Å². The van der Waals surface area contributed by atoms with Crippen LogP contribution in [-0.4, -0.2) is 40.7 Å². The molecular weight excluding hydrogens is 278 g/mol. The van der Waals surface area contributed by atoms with Gasteiger partial charge in [-0.3, -0.25) is 4.68 Å². The third-order valence-electron chi connectivity index (χ3n) is 2.72. The van der Waals surface area contributed by atoms with E-state index >= 15 is 0 Å². The SMILES string of the molecule is OC(CNCCn1cccn1)COc1ccccc1Cl. The molecule has 1 heterocycles. The Hall–Kier alpha value is -1.56. The quantitative estimate of drug-likeness (QED) is 0.726. The van der Waals surface area contributed by atoms with Crippen LogP contribution in [-0.2, 0) is 6.54 Å². The van der Waals surface area contributed by atoms with E-state index in [0.29, 0.717) is 17.3 Å². The lowest BCUT2D eigenvalue weighted by molar-refractivity contribution is 0.106. The molecular formula is C14H18ClN3O2. The second kappa shape index (κ2) is 7.89. The van der Waals surface area contributed by atoms with E-state index in [-0.39, 0.29) is 6.61 Å². The first-order valence-corrected chi connectivity index (χ1v) is 6.87. The number of hydrogen-bond acceptors (Lipinski definition) is 4. The molecule has 2 rings (SSSR count). The molecule has 108 valence electrons. The van der Waals surface area contributed by atoms with Crippen LogP contribution < -0.4 is 10.1 Å². The largest absolute Gasteiger partial charge is 0.489 e. The number of halogens is 1. The van der Waals surface area contributed by atoms with Crippen LogP contribution in [0.1, 0.15) is 0 Å². The topological polar surface area (TPSA) is 59.3 Å². The van der Waals surface area contributed by atoms with Crippen molar-refractivity contribution < 1.29 is 9.84 Å². The smallest absolute Gasteiger partial charge is 0.138 e. The van der Waals surface area contributed by atoms with Crippen LogP contribution in [0.3, 0.4) is 0 Å². The van der Waals surface area contributed by atoms with E-state index in [1.807, 2.05) is 29.1 Å². The minimum Gasteiger partial charge on any atom is -0.489 e. The Morgan fingerprint density at radius 1 is 1.35 bits per heavy atom. The van der Waals surface area contributed by atoms with Crippen molar-refractivity contribution in [2.75, 3.05) is 19.7 Å². The maximum atomic E-state index is 9.81. The number of aliphatic hydroxyl groups is 1. The highest BCUT2D eigenvalue weighted by Crippen LogP contribution is 2.22. The van der Waals surface area contributed by atoms with Gasteiger partial charge in [0.1, 0.15) is 18.5 Å². The monoisotopic (exact) mass is 295 g/mol. The second-order valence-electron chi connectivity index (χ2n) is 4.37. The molecule has 5 nitrogen and oxygen atoms in total. The van der Waals surface area contributed by atoms with E-state index in [9.17, 15) is 5.11 Å². The van der Waals surface area contributed by atoms with Gasteiger partial charge in [0.2, 0.25) is 0 Å². The highest BCUT2D eigenvalue weighted by Gasteiger charge is 2.06. The standard InChI is InChI=1S/C14H18ClN3O2/c15-13-4-1-2-5-14(13)20-11-12(19)10-16-7-9-18-8-3-6-17-18/h1-6,8,12,16,19H,7,9-11H2. The van der Waals surface area contributed by atoms with Crippen molar-refractivity contribution >= 4 is 11.6 Å². The first kappa shape index (κ1) is 14.8. The highest BCUT2D eigenvalue weighted by molar-refractivity contribution is 6.32. The van der Waals surface area contributed by atoms with Gasteiger partial charge in [0, 0.05) is 25.5 Å². The van der Waals surface area contributed by atoms with E-state index in [4.69, 9.17) is 16.3 Å². The van der Waals surface area contributed by atoms with Gasteiger partial charge in [-0.25, -0.2) is 0 Å². The predicted octanol–water partition coefficient (Wildman–Crippen LogP) is 1.57. The Balaban J connectivity index is 1.61. The van der Waals surface area contributed by atoms with Crippen molar-refractivity contribution in [2.45, 2.75) is 12.6 Å². The summed E-state index contributed by atoms with van der Waals surface area (Å²) in [5.74, 6) is 0.588. The van der Waals surface area contributed by atoms with Crippen molar-refractivity contribution in [1.29, 1.82) is 0 Å². The normalized spacial score (nSPS) is 12.3. The van der Waals surface area contributed by atoms with Crippen molar-refractivity contribution in [3.8, 4) is 5.75 Å². The van der Waals surface area contributed by atoms with Crippen LogP contribution in [0.25, 0.3) is 0 Å². The van der Waals surface area contributed by atoms with E-state index < -0.39 is 6.10 Å². The van der Waals surface area contributed by atoms with Crippen molar-refractivity contribution in [2.24, 2.45) is 0 Å². The van der Waals surface area contributed by atoms with E-state index in [1.54, 1.807) is 18.3 Å². The fourth-order valence-electron chi connectivity index (χ4n) is 1.70. The van der Waals surface area contributed by atoms with E-state index in [2.05, 4.69) is 10.4 Å². The predicted molar refractivity (Wildman–Crippen MR) is 78.1 cm³/mol. The van der Waals surface area contributed by atoms with Gasteiger partial charge in [0.25, 0.3) is 0 Å². The van der Waals surface area contributed by atoms with E-state index in [0.717, 1.165) is 13.1 Å². The lowest BCUT2D eigenvalue weighted by Gasteiger charge is -2.14. The minimum absolute atomic E-state index is 0.207. The molecule has 2 N–H and O–H groups in total.